The molecule has 0 saturated carbocycles. The van der Waals surface area contributed by atoms with Gasteiger partial charge in [-0.15, -0.1) is 0 Å². The van der Waals surface area contributed by atoms with Gasteiger partial charge in [-0.05, 0) is 60.9 Å². The molecule has 0 unspecified atom stereocenters. The number of benzene rings is 2. The van der Waals surface area contributed by atoms with E-state index in [4.69, 9.17) is 14.2 Å². The van der Waals surface area contributed by atoms with Crippen molar-refractivity contribution in [3.8, 4) is 11.5 Å². The average Bonchev–Trinajstić information content (AvgIpc) is 2.80. The average molecular weight is 439 g/mol. The Hall–Kier alpha value is -3.41. The van der Waals surface area contributed by atoms with Gasteiger partial charge in [0.15, 0.2) is 0 Å². The zero-order valence-corrected chi connectivity index (χ0v) is 18.7. The quantitative estimate of drug-likeness (QED) is 0.182. The first-order valence-corrected chi connectivity index (χ1v) is 11.0. The van der Waals surface area contributed by atoms with Crippen LogP contribution in [0, 0.1) is 0 Å². The maximum atomic E-state index is 12.0. The number of carbonyl (C=O) groups is 3. The highest BCUT2D eigenvalue weighted by atomic mass is 16.5. The van der Waals surface area contributed by atoms with Gasteiger partial charge < -0.3 is 14.2 Å². The van der Waals surface area contributed by atoms with Crippen molar-refractivity contribution < 1.29 is 28.6 Å². The first-order chi connectivity index (χ1) is 15.5. The van der Waals surface area contributed by atoms with Gasteiger partial charge >= 0.3 is 17.9 Å². The second-order valence-corrected chi connectivity index (χ2v) is 7.27. The lowest BCUT2D eigenvalue weighted by molar-refractivity contribution is -0.134. The van der Waals surface area contributed by atoms with Crippen molar-refractivity contribution in [1.82, 2.24) is 0 Å². The summed E-state index contributed by atoms with van der Waals surface area (Å²) in [6.07, 6.45) is 7.95. The largest absolute Gasteiger partial charge is 0.462 e. The molecule has 0 radical (unpaired) electrons. The van der Waals surface area contributed by atoms with Gasteiger partial charge in [0.2, 0.25) is 0 Å². The van der Waals surface area contributed by atoms with Crippen molar-refractivity contribution >= 4 is 24.0 Å². The van der Waals surface area contributed by atoms with Crippen LogP contribution in [-0.4, -0.2) is 24.5 Å². The maximum absolute atomic E-state index is 12.0. The van der Waals surface area contributed by atoms with Crippen LogP contribution < -0.4 is 9.47 Å². The summed E-state index contributed by atoms with van der Waals surface area (Å²) in [5, 5.41) is 0. The molecular weight excluding hydrogens is 408 g/mol. The van der Waals surface area contributed by atoms with Crippen LogP contribution in [0.1, 0.15) is 68.3 Å². The molecule has 0 amide bonds. The van der Waals surface area contributed by atoms with Crippen LogP contribution >= 0.6 is 0 Å². The Morgan fingerprint density at radius 3 is 2.03 bits per heavy atom. The van der Waals surface area contributed by atoms with Crippen LogP contribution in [0.4, 0.5) is 0 Å². The molecule has 6 nitrogen and oxygen atoms in total. The summed E-state index contributed by atoms with van der Waals surface area (Å²) >= 11 is 0. The minimum atomic E-state index is -0.544. The molecule has 2 aromatic carbocycles. The molecule has 0 bridgehead atoms. The number of rotatable bonds is 12. The third kappa shape index (κ3) is 9.16. The maximum Gasteiger partial charge on any atom is 0.338 e. The number of unbranched alkanes of at least 4 members (excludes halogenated alkanes) is 3. The number of esters is 3. The molecule has 0 atom stereocenters. The molecule has 0 saturated heterocycles. The number of hydrogen-bond donors (Lipinski definition) is 0. The minimum Gasteiger partial charge on any atom is -0.462 e. The Kier molecular flexibility index (Phi) is 10.7. The highest BCUT2D eigenvalue weighted by Gasteiger charge is 2.07. The van der Waals surface area contributed by atoms with E-state index in [-0.39, 0.29) is 11.9 Å². The van der Waals surface area contributed by atoms with Gasteiger partial charge in [0.1, 0.15) is 11.5 Å². The fraction of sp³-hybridized carbons (Fsp3) is 0.346. The molecular formula is C26H30O6. The van der Waals surface area contributed by atoms with E-state index in [1.807, 2.05) is 6.92 Å². The molecule has 0 aliphatic carbocycles. The highest BCUT2D eigenvalue weighted by Crippen LogP contribution is 2.19. The first-order valence-electron chi connectivity index (χ1n) is 11.0. The number of hydrogen-bond acceptors (Lipinski definition) is 6. The molecule has 170 valence electrons. The summed E-state index contributed by atoms with van der Waals surface area (Å²) < 4.78 is 15.7. The van der Waals surface area contributed by atoms with E-state index < -0.39 is 5.97 Å². The second kappa shape index (κ2) is 13.8. The van der Waals surface area contributed by atoms with Crippen LogP contribution in [0.2, 0.25) is 0 Å². The lowest BCUT2D eigenvalue weighted by Crippen LogP contribution is -2.07. The Labute approximate surface area is 189 Å². The molecule has 0 spiro atoms. The zero-order valence-electron chi connectivity index (χ0n) is 18.7. The van der Waals surface area contributed by atoms with E-state index in [9.17, 15) is 14.4 Å². The Bertz CT molecular complexity index is 897. The van der Waals surface area contributed by atoms with Crippen LogP contribution in [0.25, 0.3) is 6.08 Å². The molecule has 6 heteroatoms. The molecule has 2 aromatic rings. The van der Waals surface area contributed by atoms with Gasteiger partial charge in [0.25, 0.3) is 0 Å². The predicted molar refractivity (Wildman–Crippen MR) is 123 cm³/mol. The monoisotopic (exact) mass is 438 g/mol. The first kappa shape index (κ1) is 24.9. The molecule has 0 heterocycles. The van der Waals surface area contributed by atoms with E-state index in [2.05, 4.69) is 6.92 Å². The van der Waals surface area contributed by atoms with Gasteiger partial charge in [-0.2, -0.15) is 0 Å². The molecule has 0 aliphatic heterocycles. The summed E-state index contributed by atoms with van der Waals surface area (Å²) in [6.45, 7) is 4.52. The summed E-state index contributed by atoms with van der Waals surface area (Å²) in [4.78, 5) is 35.7. The summed E-state index contributed by atoms with van der Waals surface area (Å²) in [7, 11) is 0. The normalized spacial score (nSPS) is 10.7. The molecule has 0 aromatic heterocycles. The summed E-state index contributed by atoms with van der Waals surface area (Å²) in [6, 6.07) is 13.1. The van der Waals surface area contributed by atoms with Crippen molar-refractivity contribution in [3.05, 3.63) is 65.7 Å². The van der Waals surface area contributed by atoms with E-state index in [1.165, 1.54) is 6.08 Å². The molecule has 2 rings (SSSR count). The fourth-order valence-electron chi connectivity index (χ4n) is 2.72. The third-order valence-corrected chi connectivity index (χ3v) is 4.55. The summed E-state index contributed by atoms with van der Waals surface area (Å²) in [5.74, 6) is -0.428. The van der Waals surface area contributed by atoms with Crippen LogP contribution in [-0.2, 0) is 14.3 Å². The SMILES string of the molecule is CCCCCOC(=O)c1ccc(C=CC(=O)Oc2ccc(OC(=O)CCCC)cc2)cc1. The van der Waals surface area contributed by atoms with Gasteiger partial charge in [-0.25, -0.2) is 9.59 Å². The van der Waals surface area contributed by atoms with Gasteiger partial charge in [-0.1, -0.05) is 45.2 Å². The topological polar surface area (TPSA) is 78.9 Å². The Morgan fingerprint density at radius 1 is 0.781 bits per heavy atom. The van der Waals surface area contributed by atoms with Crippen molar-refractivity contribution in [2.24, 2.45) is 0 Å². The van der Waals surface area contributed by atoms with Crippen molar-refractivity contribution in [3.63, 3.8) is 0 Å². The van der Waals surface area contributed by atoms with Crippen molar-refractivity contribution in [2.75, 3.05) is 6.61 Å². The van der Waals surface area contributed by atoms with Crippen LogP contribution in [0.5, 0.6) is 11.5 Å². The van der Waals surface area contributed by atoms with E-state index in [0.717, 1.165) is 37.7 Å². The lowest BCUT2D eigenvalue weighted by atomic mass is 10.1. The van der Waals surface area contributed by atoms with Crippen LogP contribution in [0.3, 0.4) is 0 Å². The number of ether oxygens (including phenoxy) is 3. The minimum absolute atomic E-state index is 0.282. The number of carbonyl (C=O) groups excluding carboxylic acids is 3. The third-order valence-electron chi connectivity index (χ3n) is 4.55. The molecule has 32 heavy (non-hydrogen) atoms. The highest BCUT2D eigenvalue weighted by molar-refractivity contribution is 5.91. The molecule has 0 fully saturated rings. The zero-order chi connectivity index (χ0) is 23.2. The Balaban J connectivity index is 1.81. The van der Waals surface area contributed by atoms with Crippen LogP contribution in [0.15, 0.2) is 54.6 Å². The standard InChI is InChI=1S/C26H30O6/c1-3-5-7-19-30-26(29)21-12-9-20(10-13-21)11-18-25(28)32-23-16-14-22(15-17-23)31-24(27)8-6-4-2/h9-18H,3-8,19H2,1-2H3. The van der Waals surface area contributed by atoms with Crippen molar-refractivity contribution in [2.45, 2.75) is 52.4 Å². The van der Waals surface area contributed by atoms with Gasteiger partial charge in [0.05, 0.1) is 12.2 Å². The smallest absolute Gasteiger partial charge is 0.338 e. The van der Waals surface area contributed by atoms with Gasteiger partial charge in [-0.3, -0.25) is 4.79 Å². The van der Waals surface area contributed by atoms with E-state index in [1.54, 1.807) is 54.6 Å². The molecule has 0 N–H and O–H groups in total. The second-order valence-electron chi connectivity index (χ2n) is 7.27. The van der Waals surface area contributed by atoms with Gasteiger partial charge in [0, 0.05) is 12.5 Å². The predicted octanol–water partition coefficient (Wildman–Crippen LogP) is 5.75. The lowest BCUT2D eigenvalue weighted by Gasteiger charge is -2.05. The molecule has 0 aliphatic rings. The summed E-state index contributed by atoms with van der Waals surface area (Å²) in [5.41, 5.74) is 1.22. The fourth-order valence-corrected chi connectivity index (χ4v) is 2.72. The van der Waals surface area contributed by atoms with Crippen molar-refractivity contribution in [1.29, 1.82) is 0 Å². The van der Waals surface area contributed by atoms with E-state index >= 15 is 0 Å². The Morgan fingerprint density at radius 2 is 1.41 bits per heavy atom. The van der Waals surface area contributed by atoms with E-state index in [0.29, 0.717) is 30.1 Å².